The number of benzene rings is 1. The topological polar surface area (TPSA) is 56.3 Å². The summed E-state index contributed by atoms with van der Waals surface area (Å²) in [5.74, 6) is -0.261. The molecule has 5 heteroatoms. The van der Waals surface area contributed by atoms with E-state index in [1.54, 1.807) is 6.07 Å². The number of nitrogens with zero attached hydrogens (tertiary/aromatic N) is 1. The second kappa shape index (κ2) is 5.26. The molecular formula is C16H10BrNO3. The molecule has 0 unspecified atom stereocenters. The normalized spacial score (nSPS) is 13.7. The van der Waals surface area contributed by atoms with E-state index in [2.05, 4.69) is 20.9 Å². The van der Waals surface area contributed by atoms with Crippen LogP contribution < -0.4 is 4.74 Å². The lowest BCUT2D eigenvalue weighted by atomic mass is 9.97. The van der Waals surface area contributed by atoms with Gasteiger partial charge in [-0.1, -0.05) is 30.3 Å². The molecule has 0 saturated heterocycles. The fourth-order valence-corrected chi connectivity index (χ4v) is 2.61. The van der Waals surface area contributed by atoms with Gasteiger partial charge in [-0.25, -0.2) is 4.98 Å². The standard InChI is InChI=1S/C16H10BrNO3/c1-21-13-8-11(9-5-3-2-4-6-9)18-15-12(19)7-10(17)16(20)14(13)15/h2-8H,1H3. The highest BCUT2D eigenvalue weighted by molar-refractivity contribution is 9.12. The smallest absolute Gasteiger partial charge is 0.206 e. The third kappa shape index (κ3) is 2.29. The van der Waals surface area contributed by atoms with Crippen molar-refractivity contribution >= 4 is 27.5 Å². The summed E-state index contributed by atoms with van der Waals surface area (Å²) in [5, 5.41) is 0. The maximum absolute atomic E-state index is 12.2. The van der Waals surface area contributed by atoms with Gasteiger partial charge in [-0.15, -0.1) is 0 Å². The predicted molar refractivity (Wildman–Crippen MR) is 81.9 cm³/mol. The van der Waals surface area contributed by atoms with Crippen molar-refractivity contribution < 1.29 is 14.3 Å². The highest BCUT2D eigenvalue weighted by atomic mass is 79.9. The van der Waals surface area contributed by atoms with Gasteiger partial charge in [-0.05, 0) is 15.9 Å². The lowest BCUT2D eigenvalue weighted by molar-refractivity contribution is 0.0985. The first-order valence-corrected chi connectivity index (χ1v) is 7.02. The minimum Gasteiger partial charge on any atom is -0.496 e. The maximum atomic E-state index is 12.2. The van der Waals surface area contributed by atoms with Gasteiger partial charge in [-0.3, -0.25) is 9.59 Å². The Morgan fingerprint density at radius 3 is 2.52 bits per heavy atom. The number of hydrogen-bond acceptors (Lipinski definition) is 4. The molecule has 1 aromatic heterocycles. The minimum absolute atomic E-state index is 0.126. The molecule has 0 spiro atoms. The van der Waals surface area contributed by atoms with E-state index in [1.165, 1.54) is 13.2 Å². The second-order valence-electron chi connectivity index (χ2n) is 4.49. The number of carbonyl (C=O) groups excluding carboxylic acids is 2. The molecular weight excluding hydrogens is 334 g/mol. The minimum atomic E-state index is -0.312. The van der Waals surface area contributed by atoms with E-state index in [4.69, 9.17) is 4.74 Å². The summed E-state index contributed by atoms with van der Waals surface area (Å²) < 4.78 is 5.50. The van der Waals surface area contributed by atoms with Gasteiger partial charge in [0.25, 0.3) is 0 Å². The van der Waals surface area contributed by atoms with Crippen molar-refractivity contribution in [1.29, 1.82) is 0 Å². The van der Waals surface area contributed by atoms with Gasteiger partial charge in [0, 0.05) is 17.7 Å². The summed E-state index contributed by atoms with van der Waals surface area (Å²) in [7, 11) is 1.47. The lowest BCUT2D eigenvalue weighted by Crippen LogP contribution is -2.18. The van der Waals surface area contributed by atoms with E-state index in [1.807, 2.05) is 30.3 Å². The molecule has 0 saturated carbocycles. The van der Waals surface area contributed by atoms with Gasteiger partial charge in [0.05, 0.1) is 22.8 Å². The molecule has 0 fully saturated rings. The van der Waals surface area contributed by atoms with Gasteiger partial charge < -0.3 is 4.74 Å². The molecule has 1 aliphatic carbocycles. The Kier molecular flexibility index (Phi) is 3.43. The van der Waals surface area contributed by atoms with E-state index >= 15 is 0 Å². The molecule has 21 heavy (non-hydrogen) atoms. The van der Waals surface area contributed by atoms with Crippen LogP contribution in [0.25, 0.3) is 11.3 Å². The molecule has 0 aliphatic heterocycles. The van der Waals surface area contributed by atoms with Gasteiger partial charge in [0.1, 0.15) is 11.4 Å². The van der Waals surface area contributed by atoms with E-state index < -0.39 is 0 Å². The summed E-state index contributed by atoms with van der Waals surface area (Å²) in [6.45, 7) is 0. The van der Waals surface area contributed by atoms with Crippen molar-refractivity contribution in [3.05, 3.63) is 58.2 Å². The second-order valence-corrected chi connectivity index (χ2v) is 5.34. The van der Waals surface area contributed by atoms with Crippen molar-refractivity contribution in [2.45, 2.75) is 0 Å². The Hall–Kier alpha value is -2.27. The first-order valence-electron chi connectivity index (χ1n) is 6.22. The van der Waals surface area contributed by atoms with Gasteiger partial charge >= 0.3 is 0 Å². The fraction of sp³-hybridized carbons (Fsp3) is 0.0625. The average Bonchev–Trinajstić information content (AvgIpc) is 2.52. The monoisotopic (exact) mass is 343 g/mol. The zero-order valence-electron chi connectivity index (χ0n) is 11.1. The summed E-state index contributed by atoms with van der Waals surface area (Å²) in [5.41, 5.74) is 1.78. The number of hydrogen-bond donors (Lipinski definition) is 0. The third-order valence-corrected chi connectivity index (χ3v) is 3.80. The number of carbonyl (C=O) groups is 2. The zero-order valence-corrected chi connectivity index (χ0v) is 12.7. The van der Waals surface area contributed by atoms with E-state index in [9.17, 15) is 9.59 Å². The van der Waals surface area contributed by atoms with Crippen molar-refractivity contribution in [3.8, 4) is 17.0 Å². The number of methoxy groups -OCH3 is 1. The van der Waals surface area contributed by atoms with Crippen LogP contribution in [-0.4, -0.2) is 23.7 Å². The molecule has 1 heterocycles. The molecule has 0 N–H and O–H groups in total. The van der Waals surface area contributed by atoms with Gasteiger partial charge in [0.15, 0.2) is 0 Å². The number of halogens is 1. The summed E-state index contributed by atoms with van der Waals surface area (Å²) in [4.78, 5) is 28.7. The average molecular weight is 344 g/mol. The molecule has 0 amide bonds. The van der Waals surface area contributed by atoms with Crippen LogP contribution in [0.1, 0.15) is 20.8 Å². The van der Waals surface area contributed by atoms with Gasteiger partial charge in [-0.2, -0.15) is 0 Å². The highest BCUT2D eigenvalue weighted by Gasteiger charge is 2.30. The van der Waals surface area contributed by atoms with Crippen LogP contribution in [0, 0.1) is 0 Å². The largest absolute Gasteiger partial charge is 0.496 e. The van der Waals surface area contributed by atoms with Gasteiger partial charge in [0.2, 0.25) is 11.6 Å². The number of ketones is 2. The quantitative estimate of drug-likeness (QED) is 0.838. The van der Waals surface area contributed by atoms with Crippen LogP contribution in [0.5, 0.6) is 5.75 Å². The van der Waals surface area contributed by atoms with E-state index in [0.29, 0.717) is 11.4 Å². The first-order chi connectivity index (χ1) is 10.1. The van der Waals surface area contributed by atoms with Crippen molar-refractivity contribution in [3.63, 3.8) is 0 Å². The number of ether oxygens (including phenoxy) is 1. The lowest BCUT2D eigenvalue weighted by Gasteiger charge is -2.16. The molecule has 3 rings (SSSR count). The van der Waals surface area contributed by atoms with Crippen molar-refractivity contribution in [1.82, 2.24) is 4.98 Å². The van der Waals surface area contributed by atoms with Crippen LogP contribution in [0.2, 0.25) is 0 Å². The Labute approximate surface area is 129 Å². The summed E-state index contributed by atoms with van der Waals surface area (Å²) >= 11 is 3.10. The maximum Gasteiger partial charge on any atom is 0.206 e. The SMILES string of the molecule is COc1cc(-c2ccccc2)nc2c1C(=O)C(Br)=CC2=O. The summed E-state index contributed by atoms with van der Waals surface area (Å²) in [6, 6.07) is 11.1. The van der Waals surface area contributed by atoms with Crippen molar-refractivity contribution in [2.75, 3.05) is 7.11 Å². The Bertz CT molecular complexity index is 782. The van der Waals surface area contributed by atoms with E-state index in [-0.39, 0.29) is 27.3 Å². The molecule has 0 bridgehead atoms. The highest BCUT2D eigenvalue weighted by Crippen LogP contribution is 2.33. The van der Waals surface area contributed by atoms with Crippen LogP contribution in [0.4, 0.5) is 0 Å². The zero-order chi connectivity index (χ0) is 15.0. The molecule has 1 aliphatic rings. The number of Topliss-reactive ketones (excluding diaryl/α,β-unsaturated/α-hetero) is 1. The first kappa shape index (κ1) is 13.7. The fourth-order valence-electron chi connectivity index (χ4n) is 2.21. The Balaban J connectivity index is 2.26. The molecule has 4 nitrogen and oxygen atoms in total. The molecule has 0 atom stereocenters. The van der Waals surface area contributed by atoms with Crippen molar-refractivity contribution in [2.24, 2.45) is 0 Å². The van der Waals surface area contributed by atoms with Crippen LogP contribution in [-0.2, 0) is 0 Å². The molecule has 1 aromatic carbocycles. The number of rotatable bonds is 2. The van der Waals surface area contributed by atoms with E-state index in [0.717, 1.165) is 5.56 Å². The molecule has 2 aromatic rings. The number of allylic oxidation sites excluding steroid dienone is 2. The van der Waals surface area contributed by atoms with Crippen LogP contribution in [0.15, 0.2) is 47.0 Å². The molecule has 0 radical (unpaired) electrons. The number of fused-ring (bicyclic) bond motifs is 1. The molecule has 104 valence electrons. The third-order valence-electron chi connectivity index (χ3n) is 3.21. The Morgan fingerprint density at radius 1 is 1.14 bits per heavy atom. The van der Waals surface area contributed by atoms with Crippen LogP contribution in [0.3, 0.4) is 0 Å². The Morgan fingerprint density at radius 2 is 1.86 bits per heavy atom. The number of pyridine rings is 1. The number of aromatic nitrogens is 1. The van der Waals surface area contributed by atoms with Crippen LogP contribution >= 0.6 is 15.9 Å². The summed E-state index contributed by atoms with van der Waals surface area (Å²) in [6.07, 6.45) is 1.24. The predicted octanol–water partition coefficient (Wildman–Crippen LogP) is 3.42.